The van der Waals surface area contributed by atoms with E-state index in [0.717, 1.165) is 23.4 Å². The highest BCUT2D eigenvalue weighted by molar-refractivity contribution is 5.95. The minimum atomic E-state index is -0.168. The van der Waals surface area contributed by atoms with Crippen LogP contribution in [0.2, 0.25) is 0 Å². The number of halogens is 1. The molecule has 0 saturated carbocycles. The Labute approximate surface area is 77.3 Å². The van der Waals surface area contributed by atoms with E-state index in [2.05, 4.69) is 18.8 Å². The topological polar surface area (TPSA) is 12.4 Å². The lowest BCUT2D eigenvalue weighted by Crippen LogP contribution is -2.06. The summed E-state index contributed by atoms with van der Waals surface area (Å²) in [6.45, 7) is 4.22. The van der Waals surface area contributed by atoms with Crippen molar-refractivity contribution in [1.29, 1.82) is 0 Å². The summed E-state index contributed by atoms with van der Waals surface area (Å²) in [5.41, 5.74) is 3.11. The smallest absolute Gasteiger partial charge is 0.123 e. The van der Waals surface area contributed by atoms with E-state index in [9.17, 15) is 4.39 Å². The summed E-state index contributed by atoms with van der Waals surface area (Å²) in [5, 5.41) is 0. The molecule has 0 amide bonds. The van der Waals surface area contributed by atoms with Gasteiger partial charge in [0.1, 0.15) is 5.82 Å². The van der Waals surface area contributed by atoms with Gasteiger partial charge in [0.2, 0.25) is 0 Å². The van der Waals surface area contributed by atoms with Crippen molar-refractivity contribution in [2.45, 2.75) is 20.3 Å². The lowest BCUT2D eigenvalue weighted by molar-refractivity contribution is 0.626. The Kier molecular flexibility index (Phi) is 1.91. The standard InChI is InChI=1S/C11H12FN/c1-7(2)11-6-8-5-9(12)3-4-10(8)13-11/h3-5,7H,6H2,1-2H3. The van der Waals surface area contributed by atoms with E-state index in [0.29, 0.717) is 5.92 Å². The normalized spacial score (nSPS) is 14.6. The Morgan fingerprint density at radius 1 is 1.38 bits per heavy atom. The number of hydrogen-bond donors (Lipinski definition) is 0. The summed E-state index contributed by atoms with van der Waals surface area (Å²) in [4.78, 5) is 4.44. The van der Waals surface area contributed by atoms with E-state index >= 15 is 0 Å². The van der Waals surface area contributed by atoms with Gasteiger partial charge in [-0.05, 0) is 29.7 Å². The molecule has 0 radical (unpaired) electrons. The average Bonchev–Trinajstić information content (AvgIpc) is 2.46. The van der Waals surface area contributed by atoms with Crippen molar-refractivity contribution in [2.24, 2.45) is 10.9 Å². The first-order valence-corrected chi connectivity index (χ1v) is 4.52. The van der Waals surface area contributed by atoms with Gasteiger partial charge in [-0.2, -0.15) is 0 Å². The molecule has 13 heavy (non-hydrogen) atoms. The number of benzene rings is 1. The monoisotopic (exact) mass is 177 g/mol. The first-order valence-electron chi connectivity index (χ1n) is 4.52. The molecule has 0 saturated heterocycles. The van der Waals surface area contributed by atoms with Crippen LogP contribution in [0.25, 0.3) is 0 Å². The molecule has 0 bridgehead atoms. The van der Waals surface area contributed by atoms with Crippen molar-refractivity contribution in [1.82, 2.24) is 0 Å². The van der Waals surface area contributed by atoms with E-state index in [1.165, 1.54) is 6.07 Å². The van der Waals surface area contributed by atoms with E-state index < -0.39 is 0 Å². The van der Waals surface area contributed by atoms with Gasteiger partial charge in [-0.3, -0.25) is 4.99 Å². The fourth-order valence-corrected chi connectivity index (χ4v) is 1.53. The van der Waals surface area contributed by atoms with Crippen molar-refractivity contribution < 1.29 is 4.39 Å². The maximum absolute atomic E-state index is 12.8. The van der Waals surface area contributed by atoms with Gasteiger partial charge < -0.3 is 0 Å². The van der Waals surface area contributed by atoms with E-state index in [1.54, 1.807) is 12.1 Å². The predicted octanol–water partition coefficient (Wildman–Crippen LogP) is 3.11. The minimum Gasteiger partial charge on any atom is -0.257 e. The Morgan fingerprint density at radius 3 is 2.85 bits per heavy atom. The number of rotatable bonds is 1. The molecule has 1 nitrogen and oxygen atoms in total. The first kappa shape index (κ1) is 8.42. The van der Waals surface area contributed by atoms with Crippen LogP contribution in [0.3, 0.4) is 0 Å². The molecule has 2 rings (SSSR count). The Balaban J connectivity index is 2.36. The molecule has 1 aromatic rings. The summed E-state index contributed by atoms with van der Waals surface area (Å²) in [6, 6.07) is 4.79. The van der Waals surface area contributed by atoms with Crippen LogP contribution in [0, 0.1) is 11.7 Å². The van der Waals surface area contributed by atoms with Gasteiger partial charge in [0.25, 0.3) is 0 Å². The highest BCUT2D eigenvalue weighted by atomic mass is 19.1. The molecule has 0 N–H and O–H groups in total. The van der Waals surface area contributed by atoms with Crippen LogP contribution in [-0.4, -0.2) is 5.71 Å². The van der Waals surface area contributed by atoms with E-state index in [4.69, 9.17) is 0 Å². The molecular formula is C11H12FN. The second-order valence-electron chi connectivity index (χ2n) is 3.71. The number of fused-ring (bicyclic) bond motifs is 1. The maximum Gasteiger partial charge on any atom is 0.123 e. The highest BCUT2D eigenvalue weighted by Gasteiger charge is 2.16. The highest BCUT2D eigenvalue weighted by Crippen LogP contribution is 2.29. The second-order valence-corrected chi connectivity index (χ2v) is 3.71. The van der Waals surface area contributed by atoms with Crippen molar-refractivity contribution in [3.63, 3.8) is 0 Å². The van der Waals surface area contributed by atoms with Crippen molar-refractivity contribution in [3.05, 3.63) is 29.6 Å². The molecule has 0 aromatic heterocycles. The zero-order valence-electron chi connectivity index (χ0n) is 7.84. The molecule has 68 valence electrons. The molecule has 1 aromatic carbocycles. The minimum absolute atomic E-state index is 0.168. The molecule has 2 heteroatoms. The van der Waals surface area contributed by atoms with Crippen molar-refractivity contribution in [3.8, 4) is 0 Å². The predicted molar refractivity (Wildman–Crippen MR) is 52.0 cm³/mol. The van der Waals surface area contributed by atoms with Crippen molar-refractivity contribution in [2.75, 3.05) is 0 Å². The van der Waals surface area contributed by atoms with E-state index in [1.807, 2.05) is 0 Å². The third-order valence-corrected chi connectivity index (χ3v) is 2.34. The number of nitrogens with zero attached hydrogens (tertiary/aromatic N) is 1. The first-order chi connectivity index (χ1) is 6.16. The third kappa shape index (κ3) is 1.48. The van der Waals surface area contributed by atoms with Crippen LogP contribution in [0.4, 0.5) is 10.1 Å². The SMILES string of the molecule is CC(C)C1=Nc2ccc(F)cc2C1. The number of aliphatic imine (C=N–C) groups is 1. The summed E-state index contributed by atoms with van der Waals surface area (Å²) >= 11 is 0. The molecule has 0 atom stereocenters. The van der Waals surface area contributed by atoms with Gasteiger partial charge >= 0.3 is 0 Å². The van der Waals surface area contributed by atoms with Gasteiger partial charge in [0, 0.05) is 12.1 Å². The molecule has 1 aliphatic rings. The largest absolute Gasteiger partial charge is 0.257 e. The fraction of sp³-hybridized carbons (Fsp3) is 0.364. The van der Waals surface area contributed by atoms with Crippen LogP contribution in [0.1, 0.15) is 19.4 Å². The molecule has 0 unspecified atom stereocenters. The summed E-state index contributed by atoms with van der Waals surface area (Å²) < 4.78 is 12.8. The average molecular weight is 177 g/mol. The second kappa shape index (κ2) is 2.95. The van der Waals surface area contributed by atoms with Gasteiger partial charge in [-0.1, -0.05) is 13.8 Å². The van der Waals surface area contributed by atoms with E-state index in [-0.39, 0.29) is 5.82 Å². The molecular weight excluding hydrogens is 165 g/mol. The Bertz CT molecular complexity index is 366. The van der Waals surface area contributed by atoms with Crippen LogP contribution >= 0.6 is 0 Å². The fourth-order valence-electron chi connectivity index (χ4n) is 1.53. The van der Waals surface area contributed by atoms with Crippen LogP contribution < -0.4 is 0 Å². The van der Waals surface area contributed by atoms with Gasteiger partial charge in [-0.25, -0.2) is 4.39 Å². The van der Waals surface area contributed by atoms with Crippen molar-refractivity contribution >= 4 is 11.4 Å². The zero-order valence-corrected chi connectivity index (χ0v) is 7.84. The van der Waals surface area contributed by atoms with Crippen LogP contribution in [0.15, 0.2) is 23.2 Å². The molecule has 0 aliphatic carbocycles. The molecule has 1 aliphatic heterocycles. The Hall–Kier alpha value is -1.18. The molecule has 1 heterocycles. The zero-order chi connectivity index (χ0) is 9.42. The van der Waals surface area contributed by atoms with Gasteiger partial charge in [-0.15, -0.1) is 0 Å². The molecule has 0 spiro atoms. The summed E-state index contributed by atoms with van der Waals surface area (Å²) in [5.74, 6) is 0.286. The lowest BCUT2D eigenvalue weighted by Gasteiger charge is -2.01. The molecule has 0 fully saturated rings. The summed E-state index contributed by atoms with van der Waals surface area (Å²) in [7, 11) is 0. The van der Waals surface area contributed by atoms with Crippen LogP contribution in [0.5, 0.6) is 0 Å². The van der Waals surface area contributed by atoms with Gasteiger partial charge in [0.05, 0.1) is 5.69 Å². The maximum atomic E-state index is 12.8. The summed E-state index contributed by atoms with van der Waals surface area (Å²) in [6.07, 6.45) is 0.810. The van der Waals surface area contributed by atoms with Gasteiger partial charge in [0.15, 0.2) is 0 Å². The quantitative estimate of drug-likeness (QED) is 0.625. The Morgan fingerprint density at radius 2 is 2.15 bits per heavy atom. The van der Waals surface area contributed by atoms with Crippen LogP contribution in [-0.2, 0) is 6.42 Å². The lowest BCUT2D eigenvalue weighted by atomic mass is 10.0. The third-order valence-electron chi connectivity index (χ3n) is 2.34. The number of hydrogen-bond acceptors (Lipinski definition) is 1.